The number of halogens is 1. The van der Waals surface area contributed by atoms with Crippen molar-refractivity contribution < 1.29 is 14.2 Å². The summed E-state index contributed by atoms with van der Waals surface area (Å²) < 4.78 is 17.7. The van der Waals surface area contributed by atoms with E-state index in [1.807, 2.05) is 19.1 Å². The van der Waals surface area contributed by atoms with Crippen molar-refractivity contribution in [3.63, 3.8) is 0 Å². The van der Waals surface area contributed by atoms with Crippen molar-refractivity contribution in [2.24, 2.45) is 0 Å². The van der Waals surface area contributed by atoms with Crippen LogP contribution in [0, 0.1) is 0 Å². The Morgan fingerprint density at radius 3 is 2.49 bits per heavy atom. The number of nitrogens with zero attached hydrogens (tertiary/aromatic N) is 2. The number of rotatable bonds is 9. The summed E-state index contributed by atoms with van der Waals surface area (Å²) in [6, 6.07) is 27.7. The molecule has 3 atom stereocenters. The van der Waals surface area contributed by atoms with Crippen molar-refractivity contribution in [1.82, 2.24) is 4.90 Å². The molecule has 6 heteroatoms. The Morgan fingerprint density at radius 1 is 0.973 bits per heavy atom. The molecule has 0 aromatic heterocycles. The van der Waals surface area contributed by atoms with Gasteiger partial charge in [0.1, 0.15) is 12.4 Å². The van der Waals surface area contributed by atoms with Gasteiger partial charge in [0.05, 0.1) is 22.9 Å². The third kappa shape index (κ3) is 7.05. The lowest BCUT2D eigenvalue weighted by Crippen LogP contribution is -2.48. The van der Waals surface area contributed by atoms with Gasteiger partial charge in [0.2, 0.25) is 0 Å². The summed E-state index contributed by atoms with van der Waals surface area (Å²) in [5, 5.41) is 0.708. The van der Waals surface area contributed by atoms with Crippen LogP contribution in [-0.4, -0.2) is 50.1 Å². The fraction of sp³-hybridized carbons (Fsp3) is 0.419. The minimum Gasteiger partial charge on any atom is -0.491 e. The molecule has 0 N–H and O–H groups in total. The van der Waals surface area contributed by atoms with E-state index in [0.717, 1.165) is 63.5 Å². The molecule has 0 saturated carbocycles. The molecule has 2 saturated heterocycles. The molecule has 37 heavy (non-hydrogen) atoms. The lowest BCUT2D eigenvalue weighted by Gasteiger charge is -2.43. The minimum absolute atomic E-state index is 0.0540. The molecule has 3 aromatic rings. The van der Waals surface area contributed by atoms with Gasteiger partial charge in [-0.25, -0.2) is 0 Å². The highest BCUT2D eigenvalue weighted by molar-refractivity contribution is 6.33. The number of benzene rings is 3. The van der Waals surface area contributed by atoms with Crippen molar-refractivity contribution >= 4 is 17.3 Å². The second-order valence-electron chi connectivity index (χ2n) is 10.0. The Morgan fingerprint density at radius 2 is 1.76 bits per heavy atom. The van der Waals surface area contributed by atoms with Gasteiger partial charge in [0.25, 0.3) is 0 Å². The van der Waals surface area contributed by atoms with Crippen molar-refractivity contribution in [3.05, 3.63) is 95.0 Å². The van der Waals surface area contributed by atoms with Crippen molar-refractivity contribution in [2.75, 3.05) is 37.7 Å². The average molecular weight is 521 g/mol. The van der Waals surface area contributed by atoms with Crippen LogP contribution in [0.5, 0.6) is 5.75 Å². The van der Waals surface area contributed by atoms with Crippen LogP contribution in [0.25, 0.3) is 0 Å². The van der Waals surface area contributed by atoms with Gasteiger partial charge in [-0.3, -0.25) is 4.90 Å². The minimum atomic E-state index is -0.117. The predicted octanol–water partition coefficient (Wildman–Crippen LogP) is 6.71. The SMILES string of the molecule is C[C@H](COc1ccc(N2CCN(Cc3ccccc3)C[C@H]2c2ccccc2)c(Cl)c1)OC1CCCCO1. The second kappa shape index (κ2) is 12.8. The molecule has 0 amide bonds. The number of piperazine rings is 1. The van der Waals surface area contributed by atoms with Gasteiger partial charge in [-0.05, 0) is 49.4 Å². The van der Waals surface area contributed by atoms with Gasteiger partial charge >= 0.3 is 0 Å². The van der Waals surface area contributed by atoms with E-state index >= 15 is 0 Å². The quantitative estimate of drug-likeness (QED) is 0.313. The molecule has 0 spiro atoms. The third-order valence-electron chi connectivity index (χ3n) is 7.13. The molecular weight excluding hydrogens is 484 g/mol. The molecule has 1 unspecified atom stereocenters. The van der Waals surface area contributed by atoms with E-state index in [1.54, 1.807) is 0 Å². The fourth-order valence-corrected chi connectivity index (χ4v) is 5.49. The van der Waals surface area contributed by atoms with E-state index in [1.165, 1.54) is 11.1 Å². The van der Waals surface area contributed by atoms with E-state index in [2.05, 4.69) is 76.5 Å². The van der Waals surface area contributed by atoms with Crippen LogP contribution >= 0.6 is 11.6 Å². The van der Waals surface area contributed by atoms with Gasteiger partial charge < -0.3 is 19.1 Å². The first-order valence-electron chi connectivity index (χ1n) is 13.4. The van der Waals surface area contributed by atoms with Gasteiger partial charge in [-0.1, -0.05) is 72.3 Å². The summed E-state index contributed by atoms with van der Waals surface area (Å²) in [5.41, 5.74) is 3.69. The highest BCUT2D eigenvalue weighted by Crippen LogP contribution is 2.37. The van der Waals surface area contributed by atoms with E-state index in [9.17, 15) is 0 Å². The van der Waals surface area contributed by atoms with Gasteiger partial charge in [0, 0.05) is 38.9 Å². The standard InChI is InChI=1S/C31H37ClN2O3/c1-24(37-31-14-8-9-19-35-31)23-36-27-15-16-29(28(32)20-27)34-18-17-33(21-25-10-4-2-5-11-25)22-30(34)26-12-6-3-7-13-26/h2-7,10-13,15-16,20,24,30-31H,8-9,14,17-19,21-23H2,1H3/t24-,30+,31?/m1/s1. The predicted molar refractivity (Wildman–Crippen MR) is 149 cm³/mol. The largest absolute Gasteiger partial charge is 0.491 e. The van der Waals surface area contributed by atoms with Crippen LogP contribution in [-0.2, 0) is 16.0 Å². The number of hydrogen-bond acceptors (Lipinski definition) is 5. The molecule has 5 nitrogen and oxygen atoms in total. The monoisotopic (exact) mass is 520 g/mol. The zero-order valence-electron chi connectivity index (χ0n) is 21.6. The second-order valence-corrected chi connectivity index (χ2v) is 10.4. The van der Waals surface area contributed by atoms with E-state index < -0.39 is 0 Å². The van der Waals surface area contributed by atoms with Crippen LogP contribution in [0.1, 0.15) is 43.4 Å². The van der Waals surface area contributed by atoms with E-state index in [-0.39, 0.29) is 18.4 Å². The normalized spacial score (nSPS) is 21.5. The molecule has 0 bridgehead atoms. The van der Waals surface area contributed by atoms with Gasteiger partial charge in [-0.15, -0.1) is 0 Å². The molecule has 2 fully saturated rings. The fourth-order valence-electron chi connectivity index (χ4n) is 5.21. The zero-order valence-corrected chi connectivity index (χ0v) is 22.4. The smallest absolute Gasteiger partial charge is 0.158 e. The molecule has 2 heterocycles. The Kier molecular flexibility index (Phi) is 9.01. The summed E-state index contributed by atoms with van der Waals surface area (Å²) in [5.74, 6) is 0.757. The lowest BCUT2D eigenvalue weighted by atomic mass is 10.0. The van der Waals surface area contributed by atoms with Gasteiger partial charge in [0.15, 0.2) is 6.29 Å². The number of anilines is 1. The summed E-state index contributed by atoms with van der Waals surface area (Å²) in [7, 11) is 0. The molecular formula is C31H37ClN2O3. The molecule has 196 valence electrons. The first kappa shape index (κ1) is 26.1. The molecule has 0 radical (unpaired) electrons. The molecule has 3 aromatic carbocycles. The lowest BCUT2D eigenvalue weighted by molar-refractivity contribution is -0.189. The Hall–Kier alpha value is -2.57. The molecule has 0 aliphatic carbocycles. The van der Waals surface area contributed by atoms with Crippen LogP contribution in [0.2, 0.25) is 5.02 Å². The van der Waals surface area contributed by atoms with Crippen molar-refractivity contribution in [1.29, 1.82) is 0 Å². The molecule has 2 aliphatic heterocycles. The Bertz CT molecular complexity index is 1110. The first-order chi connectivity index (χ1) is 18.2. The van der Waals surface area contributed by atoms with Crippen LogP contribution < -0.4 is 9.64 Å². The maximum Gasteiger partial charge on any atom is 0.158 e. The number of hydrogen-bond donors (Lipinski definition) is 0. The van der Waals surface area contributed by atoms with Crippen molar-refractivity contribution in [2.45, 2.75) is 51.2 Å². The zero-order chi connectivity index (χ0) is 25.5. The average Bonchev–Trinajstić information content (AvgIpc) is 2.94. The van der Waals surface area contributed by atoms with Crippen LogP contribution in [0.4, 0.5) is 5.69 Å². The van der Waals surface area contributed by atoms with Gasteiger partial charge in [-0.2, -0.15) is 0 Å². The summed E-state index contributed by atoms with van der Waals surface area (Å²) in [6.07, 6.45) is 3.05. The van der Waals surface area contributed by atoms with E-state index in [0.29, 0.717) is 11.6 Å². The maximum absolute atomic E-state index is 6.87. The maximum atomic E-state index is 6.87. The summed E-state index contributed by atoms with van der Waals surface area (Å²) in [6.45, 7) is 7.02. The first-order valence-corrected chi connectivity index (χ1v) is 13.8. The third-order valence-corrected chi connectivity index (χ3v) is 7.44. The Balaban J connectivity index is 1.25. The van der Waals surface area contributed by atoms with Crippen LogP contribution in [0.3, 0.4) is 0 Å². The Labute approximate surface area is 225 Å². The highest BCUT2D eigenvalue weighted by atomic mass is 35.5. The molecule has 2 aliphatic rings. The van der Waals surface area contributed by atoms with Crippen molar-refractivity contribution in [3.8, 4) is 5.75 Å². The van der Waals surface area contributed by atoms with E-state index in [4.69, 9.17) is 25.8 Å². The summed E-state index contributed by atoms with van der Waals surface area (Å²) >= 11 is 6.87. The highest BCUT2D eigenvalue weighted by Gasteiger charge is 2.30. The molecule has 5 rings (SSSR count). The number of ether oxygens (including phenoxy) is 3. The van der Waals surface area contributed by atoms with Crippen LogP contribution in [0.15, 0.2) is 78.9 Å². The summed E-state index contributed by atoms with van der Waals surface area (Å²) in [4.78, 5) is 4.97. The topological polar surface area (TPSA) is 34.2 Å².